The molecule has 0 atom stereocenters. The molecule has 0 saturated carbocycles. The maximum Gasteiger partial charge on any atom is 0.224 e. The zero-order chi connectivity index (χ0) is 17.0. The molecule has 0 aliphatic carbocycles. The van der Waals surface area contributed by atoms with E-state index in [1.54, 1.807) is 12.1 Å². The highest BCUT2D eigenvalue weighted by Gasteiger charge is 2.39. The van der Waals surface area contributed by atoms with Crippen molar-refractivity contribution in [1.29, 1.82) is 0 Å². The number of terminal acetylenes is 1. The molecule has 0 unspecified atom stereocenters. The minimum Gasteiger partial charge on any atom is -0.369 e. The summed E-state index contributed by atoms with van der Waals surface area (Å²) in [6.45, 7) is 1.77. The van der Waals surface area contributed by atoms with E-state index in [1.165, 1.54) is 6.07 Å². The van der Waals surface area contributed by atoms with E-state index in [-0.39, 0.29) is 18.1 Å². The molecular formula is C18H21FN4O. The number of nitrogens with one attached hydrogen (secondary N) is 1. The van der Waals surface area contributed by atoms with Crippen LogP contribution in [0.4, 0.5) is 15.8 Å². The van der Waals surface area contributed by atoms with Crippen LogP contribution in [-0.2, 0) is 4.79 Å². The van der Waals surface area contributed by atoms with Crippen LogP contribution in [0.2, 0.25) is 0 Å². The minimum atomic E-state index is -0.464. The number of carbonyl (C=O) groups is 1. The molecule has 24 heavy (non-hydrogen) atoms. The Morgan fingerprint density at radius 1 is 1.33 bits per heavy atom. The number of amides is 1. The van der Waals surface area contributed by atoms with Crippen molar-refractivity contribution in [2.45, 2.75) is 44.2 Å². The number of benzene rings is 1. The van der Waals surface area contributed by atoms with Gasteiger partial charge in [0.2, 0.25) is 5.91 Å². The molecule has 126 valence electrons. The molecule has 2 aliphatic rings. The van der Waals surface area contributed by atoms with E-state index in [0.717, 1.165) is 25.9 Å². The van der Waals surface area contributed by atoms with E-state index in [9.17, 15) is 9.18 Å². The summed E-state index contributed by atoms with van der Waals surface area (Å²) in [5, 5.41) is 10.7. The van der Waals surface area contributed by atoms with Crippen molar-refractivity contribution in [3.8, 4) is 12.3 Å². The van der Waals surface area contributed by atoms with Crippen LogP contribution in [-0.4, -0.2) is 24.7 Å². The summed E-state index contributed by atoms with van der Waals surface area (Å²) in [5.41, 5.74) is 0.617. The molecule has 2 aliphatic heterocycles. The van der Waals surface area contributed by atoms with Crippen LogP contribution in [0, 0.1) is 18.2 Å². The third-order valence-corrected chi connectivity index (χ3v) is 4.48. The first-order valence-corrected chi connectivity index (χ1v) is 8.34. The number of carbonyl (C=O) groups excluding carboxylic acids is 1. The Morgan fingerprint density at radius 2 is 2.08 bits per heavy atom. The Labute approximate surface area is 141 Å². The van der Waals surface area contributed by atoms with Gasteiger partial charge in [0.25, 0.3) is 0 Å². The van der Waals surface area contributed by atoms with E-state index in [1.807, 2.05) is 4.90 Å². The van der Waals surface area contributed by atoms with Gasteiger partial charge in [-0.05, 0) is 31.0 Å². The lowest BCUT2D eigenvalue weighted by molar-refractivity contribution is -0.116. The fourth-order valence-electron chi connectivity index (χ4n) is 3.00. The van der Waals surface area contributed by atoms with Crippen molar-refractivity contribution in [2.75, 3.05) is 23.3 Å². The number of halogens is 1. The fourth-order valence-corrected chi connectivity index (χ4v) is 3.00. The minimum absolute atomic E-state index is 0.166. The normalized spacial score (nSPS) is 17.6. The van der Waals surface area contributed by atoms with Gasteiger partial charge in [0.15, 0.2) is 5.66 Å². The third-order valence-electron chi connectivity index (χ3n) is 4.48. The van der Waals surface area contributed by atoms with Crippen molar-refractivity contribution in [3.63, 3.8) is 0 Å². The van der Waals surface area contributed by atoms with Gasteiger partial charge in [-0.15, -0.1) is 12.3 Å². The zero-order valence-corrected chi connectivity index (χ0v) is 13.6. The van der Waals surface area contributed by atoms with E-state index in [2.05, 4.69) is 21.5 Å². The molecule has 1 aromatic rings. The number of hydrogen-bond donors (Lipinski definition) is 1. The summed E-state index contributed by atoms with van der Waals surface area (Å²) in [5.74, 6) is 2.09. The summed E-state index contributed by atoms with van der Waals surface area (Å²) < 4.78 is 14.2. The molecule has 1 saturated heterocycles. The number of nitrogens with zero attached hydrogens (tertiary/aromatic N) is 3. The highest BCUT2D eigenvalue weighted by atomic mass is 19.1. The van der Waals surface area contributed by atoms with Gasteiger partial charge in [0, 0.05) is 44.5 Å². The fraction of sp³-hybridized carbons (Fsp3) is 0.500. The predicted molar refractivity (Wildman–Crippen MR) is 91.4 cm³/mol. The average molecular weight is 328 g/mol. The van der Waals surface area contributed by atoms with Crippen molar-refractivity contribution in [1.82, 2.24) is 0 Å². The lowest BCUT2D eigenvalue weighted by Gasteiger charge is -2.19. The Hall–Kier alpha value is -2.42. The maximum absolute atomic E-state index is 14.2. The molecule has 1 amide bonds. The van der Waals surface area contributed by atoms with Crippen LogP contribution in [0.25, 0.3) is 0 Å². The second kappa shape index (κ2) is 7.00. The second-order valence-electron chi connectivity index (χ2n) is 6.30. The SMILES string of the molecule is C#CCCC1(CCC(=O)Nc2ccc(N3CCCC3)c(F)c2)N=N1. The van der Waals surface area contributed by atoms with Crippen molar-refractivity contribution in [3.05, 3.63) is 24.0 Å². The molecule has 1 aromatic carbocycles. The number of hydrogen-bond acceptors (Lipinski definition) is 4. The van der Waals surface area contributed by atoms with Crippen LogP contribution < -0.4 is 10.2 Å². The van der Waals surface area contributed by atoms with Crippen LogP contribution in [0.5, 0.6) is 0 Å². The maximum atomic E-state index is 14.2. The zero-order valence-electron chi connectivity index (χ0n) is 13.6. The molecule has 5 nitrogen and oxygen atoms in total. The first-order chi connectivity index (χ1) is 11.6. The standard InChI is InChI=1S/C18H21FN4O/c1-2-3-9-18(21-22-18)10-8-17(24)20-14-6-7-16(15(19)13-14)23-11-4-5-12-23/h1,6-7,13H,3-5,8-12H2,(H,20,24). The van der Waals surface area contributed by atoms with Gasteiger partial charge >= 0.3 is 0 Å². The summed E-state index contributed by atoms with van der Waals surface area (Å²) in [6, 6.07) is 4.86. The molecule has 6 heteroatoms. The summed E-state index contributed by atoms with van der Waals surface area (Å²) >= 11 is 0. The Kier molecular flexibility index (Phi) is 4.79. The molecule has 3 rings (SSSR count). The van der Waals surface area contributed by atoms with Crippen molar-refractivity contribution in [2.24, 2.45) is 10.2 Å². The van der Waals surface area contributed by atoms with Crippen LogP contribution >= 0.6 is 0 Å². The highest BCUT2D eigenvalue weighted by molar-refractivity contribution is 5.91. The Balaban J connectivity index is 1.51. The Bertz CT molecular complexity index is 683. The second-order valence-corrected chi connectivity index (χ2v) is 6.30. The summed E-state index contributed by atoms with van der Waals surface area (Å²) in [6.07, 6.45) is 9.52. The topological polar surface area (TPSA) is 57.1 Å². The monoisotopic (exact) mass is 328 g/mol. The molecule has 2 heterocycles. The van der Waals surface area contributed by atoms with Gasteiger partial charge < -0.3 is 10.2 Å². The van der Waals surface area contributed by atoms with Crippen molar-refractivity contribution < 1.29 is 9.18 Å². The third kappa shape index (κ3) is 3.91. The van der Waals surface area contributed by atoms with Gasteiger partial charge in [-0.25, -0.2) is 4.39 Å². The lowest BCUT2D eigenvalue weighted by atomic mass is 10.0. The van der Waals surface area contributed by atoms with E-state index >= 15 is 0 Å². The first kappa shape index (κ1) is 16.4. The molecule has 1 N–H and O–H groups in total. The smallest absolute Gasteiger partial charge is 0.224 e. The highest BCUT2D eigenvalue weighted by Crippen LogP contribution is 2.37. The van der Waals surface area contributed by atoms with Gasteiger partial charge in [-0.2, -0.15) is 10.2 Å². The molecule has 0 spiro atoms. The quantitative estimate of drug-likeness (QED) is 0.776. The molecule has 0 bridgehead atoms. The van der Waals surface area contributed by atoms with E-state index in [4.69, 9.17) is 6.42 Å². The van der Waals surface area contributed by atoms with Gasteiger partial charge in [0.1, 0.15) is 5.82 Å². The van der Waals surface area contributed by atoms with Crippen LogP contribution in [0.1, 0.15) is 38.5 Å². The largest absolute Gasteiger partial charge is 0.369 e. The number of rotatable bonds is 7. The van der Waals surface area contributed by atoms with Gasteiger partial charge in [-0.1, -0.05) is 0 Å². The summed E-state index contributed by atoms with van der Waals surface area (Å²) in [7, 11) is 0. The molecule has 0 aromatic heterocycles. The van der Waals surface area contributed by atoms with Gasteiger partial charge in [0.05, 0.1) is 5.69 Å². The average Bonchev–Trinajstić information content (AvgIpc) is 3.13. The van der Waals surface area contributed by atoms with Crippen LogP contribution in [0.15, 0.2) is 28.4 Å². The van der Waals surface area contributed by atoms with E-state index < -0.39 is 5.66 Å². The first-order valence-electron chi connectivity index (χ1n) is 8.34. The lowest BCUT2D eigenvalue weighted by Crippen LogP contribution is -2.20. The van der Waals surface area contributed by atoms with Gasteiger partial charge in [-0.3, -0.25) is 4.79 Å². The number of anilines is 2. The summed E-state index contributed by atoms with van der Waals surface area (Å²) in [4.78, 5) is 14.1. The molecule has 1 fully saturated rings. The molecular weight excluding hydrogens is 307 g/mol. The van der Waals surface area contributed by atoms with Crippen LogP contribution in [0.3, 0.4) is 0 Å². The predicted octanol–water partition coefficient (Wildman–Crippen LogP) is 3.72. The Morgan fingerprint density at radius 3 is 2.71 bits per heavy atom. The van der Waals surface area contributed by atoms with Crippen molar-refractivity contribution >= 4 is 17.3 Å². The van der Waals surface area contributed by atoms with E-state index in [0.29, 0.717) is 30.6 Å². The molecule has 0 radical (unpaired) electrons.